The van der Waals surface area contributed by atoms with Crippen LogP contribution in [0.3, 0.4) is 0 Å². The number of anilines is 1. The summed E-state index contributed by atoms with van der Waals surface area (Å²) < 4.78 is 6.09. The first-order chi connectivity index (χ1) is 12.0. The monoisotopic (exact) mass is 362 g/mol. The van der Waals surface area contributed by atoms with E-state index in [-0.39, 0.29) is 37.4 Å². The highest BCUT2D eigenvalue weighted by Crippen LogP contribution is 2.29. The molecule has 0 atom stereocenters. The molecule has 0 aliphatic carbocycles. The smallest absolute Gasteiger partial charge is 0.326 e. The predicted octanol–water partition coefficient (Wildman–Crippen LogP) is 1.92. The minimum atomic E-state index is -0.314. The van der Waals surface area contributed by atoms with E-state index in [1.807, 2.05) is 18.2 Å². The summed E-state index contributed by atoms with van der Waals surface area (Å²) in [6.45, 7) is 0.340. The second kappa shape index (κ2) is 7.06. The number of urea groups is 1. The molecule has 2 heterocycles. The third-order valence-corrected chi connectivity index (χ3v) is 4.79. The number of nitrogens with one attached hydrogen (secondary N) is 1. The van der Waals surface area contributed by atoms with Crippen molar-refractivity contribution < 1.29 is 19.1 Å². The minimum Gasteiger partial charge on any atom is -0.497 e. The molecule has 0 spiro atoms. The number of aromatic nitrogens is 1. The second-order valence-electron chi connectivity index (χ2n) is 5.69. The van der Waals surface area contributed by atoms with Crippen LogP contribution < -0.4 is 10.1 Å². The van der Waals surface area contributed by atoms with Crippen LogP contribution in [0.4, 0.5) is 9.93 Å². The van der Waals surface area contributed by atoms with Gasteiger partial charge >= 0.3 is 6.03 Å². The van der Waals surface area contributed by atoms with Gasteiger partial charge in [-0.2, -0.15) is 0 Å². The Bertz CT molecular complexity index is 835. The largest absolute Gasteiger partial charge is 0.497 e. The lowest BCUT2D eigenvalue weighted by Gasteiger charge is -2.13. The molecule has 0 radical (unpaired) electrons. The number of carbonyl (C=O) groups excluding carboxylic acids is 3. The Hall–Kier alpha value is -2.68. The zero-order chi connectivity index (χ0) is 18.0. The van der Waals surface area contributed by atoms with Gasteiger partial charge in [0.15, 0.2) is 5.13 Å². The van der Waals surface area contributed by atoms with Crippen LogP contribution in [0, 0.1) is 0 Å². The van der Waals surface area contributed by atoms with Gasteiger partial charge in [0.25, 0.3) is 0 Å². The Morgan fingerprint density at radius 1 is 1.40 bits per heavy atom. The predicted molar refractivity (Wildman–Crippen MR) is 93.8 cm³/mol. The number of amides is 4. The van der Waals surface area contributed by atoms with Crippen LogP contribution in [0.5, 0.6) is 5.75 Å². The van der Waals surface area contributed by atoms with Crippen molar-refractivity contribution in [1.29, 1.82) is 0 Å². The molecular weight excluding hydrogens is 344 g/mol. The van der Waals surface area contributed by atoms with Crippen molar-refractivity contribution in [3.8, 4) is 5.75 Å². The number of imide groups is 1. The molecule has 132 valence electrons. The maximum Gasteiger partial charge on any atom is 0.326 e. The van der Waals surface area contributed by atoms with Gasteiger partial charge in [0, 0.05) is 20.0 Å². The molecule has 3 rings (SSSR count). The summed E-state index contributed by atoms with van der Waals surface area (Å²) in [5, 5.41) is 3.27. The summed E-state index contributed by atoms with van der Waals surface area (Å²) >= 11 is 1.37. The van der Waals surface area contributed by atoms with E-state index in [4.69, 9.17) is 4.74 Å². The van der Waals surface area contributed by atoms with Crippen molar-refractivity contribution in [2.45, 2.75) is 12.8 Å². The average molecular weight is 362 g/mol. The number of thiazole rings is 1. The van der Waals surface area contributed by atoms with Gasteiger partial charge in [-0.25, -0.2) is 9.78 Å². The second-order valence-corrected chi connectivity index (χ2v) is 6.72. The summed E-state index contributed by atoms with van der Waals surface area (Å²) in [4.78, 5) is 42.3. The van der Waals surface area contributed by atoms with Crippen molar-refractivity contribution in [2.75, 3.05) is 32.6 Å². The highest BCUT2D eigenvalue weighted by molar-refractivity contribution is 7.22. The number of hydrogen-bond acceptors (Lipinski definition) is 6. The molecule has 1 aliphatic heterocycles. The summed E-state index contributed by atoms with van der Waals surface area (Å²) in [7, 11) is 3.17. The Balaban J connectivity index is 1.52. The Morgan fingerprint density at radius 2 is 2.20 bits per heavy atom. The third-order valence-electron chi connectivity index (χ3n) is 3.86. The van der Waals surface area contributed by atoms with Crippen molar-refractivity contribution in [1.82, 2.24) is 14.8 Å². The maximum absolute atomic E-state index is 12.0. The van der Waals surface area contributed by atoms with E-state index < -0.39 is 0 Å². The van der Waals surface area contributed by atoms with E-state index in [9.17, 15) is 14.4 Å². The number of methoxy groups -OCH3 is 1. The number of carbonyl (C=O) groups is 3. The lowest BCUT2D eigenvalue weighted by atomic mass is 10.3. The van der Waals surface area contributed by atoms with E-state index in [0.29, 0.717) is 11.6 Å². The molecule has 1 aliphatic rings. The van der Waals surface area contributed by atoms with Gasteiger partial charge in [0.05, 0.1) is 17.3 Å². The zero-order valence-corrected chi connectivity index (χ0v) is 14.8. The molecule has 0 saturated carbocycles. The number of benzene rings is 1. The molecular formula is C16H18N4O4S. The summed E-state index contributed by atoms with van der Waals surface area (Å²) in [5.74, 6) is 0.311. The molecule has 1 saturated heterocycles. The van der Waals surface area contributed by atoms with Crippen molar-refractivity contribution in [3.05, 3.63) is 18.2 Å². The summed E-state index contributed by atoms with van der Waals surface area (Å²) in [6, 6.07) is 5.20. The molecule has 4 amide bonds. The van der Waals surface area contributed by atoms with Crippen LogP contribution in [0.2, 0.25) is 0 Å². The number of likely N-dealkylation sites (N-methyl/N-ethyl adjacent to an activating group) is 1. The standard InChI is InChI=1S/C16H18N4O4S/c1-19-9-14(22)20(16(19)23)7-3-4-13(21)18-15-17-11-6-5-10(24-2)8-12(11)25-15/h5-6,8H,3-4,7,9H2,1-2H3,(H,17,18,21). The number of nitrogens with zero attached hydrogens (tertiary/aromatic N) is 3. The molecule has 9 heteroatoms. The first-order valence-electron chi connectivity index (χ1n) is 7.78. The molecule has 0 unspecified atom stereocenters. The molecule has 1 aromatic carbocycles. The average Bonchev–Trinajstić information content (AvgIpc) is 3.08. The number of fused-ring (bicyclic) bond motifs is 1. The fourth-order valence-electron chi connectivity index (χ4n) is 2.55. The first kappa shape index (κ1) is 17.2. The van der Waals surface area contributed by atoms with Crippen LogP contribution in [0.25, 0.3) is 10.2 Å². The van der Waals surface area contributed by atoms with Gasteiger partial charge in [-0.1, -0.05) is 11.3 Å². The SMILES string of the molecule is COc1ccc2nc(NC(=O)CCCN3C(=O)CN(C)C3=O)sc2c1. The van der Waals surface area contributed by atoms with Crippen molar-refractivity contribution >= 4 is 44.5 Å². The quantitative estimate of drug-likeness (QED) is 0.793. The van der Waals surface area contributed by atoms with Gasteiger partial charge in [-0.05, 0) is 24.6 Å². The minimum absolute atomic E-state index is 0.0974. The van der Waals surface area contributed by atoms with Gasteiger partial charge < -0.3 is 15.0 Å². The van der Waals surface area contributed by atoms with Crippen LogP contribution in [-0.4, -0.2) is 59.9 Å². The maximum atomic E-state index is 12.0. The fraction of sp³-hybridized carbons (Fsp3) is 0.375. The third kappa shape index (κ3) is 3.71. The lowest BCUT2D eigenvalue weighted by Crippen LogP contribution is -2.32. The Kier molecular flexibility index (Phi) is 4.84. The Morgan fingerprint density at radius 3 is 2.88 bits per heavy atom. The summed E-state index contributed by atoms with van der Waals surface area (Å²) in [5.41, 5.74) is 0.789. The fourth-order valence-corrected chi connectivity index (χ4v) is 3.46. The topological polar surface area (TPSA) is 91.8 Å². The van der Waals surface area contributed by atoms with Crippen LogP contribution in [0.1, 0.15) is 12.8 Å². The van der Waals surface area contributed by atoms with Crippen LogP contribution in [0.15, 0.2) is 18.2 Å². The van der Waals surface area contributed by atoms with Gasteiger partial charge in [0.2, 0.25) is 11.8 Å². The molecule has 8 nitrogen and oxygen atoms in total. The van der Waals surface area contributed by atoms with Crippen molar-refractivity contribution in [3.63, 3.8) is 0 Å². The molecule has 0 bridgehead atoms. The van der Waals surface area contributed by atoms with Gasteiger partial charge in [-0.15, -0.1) is 0 Å². The number of ether oxygens (including phenoxy) is 1. The van der Waals surface area contributed by atoms with E-state index in [2.05, 4.69) is 10.3 Å². The van der Waals surface area contributed by atoms with E-state index in [0.717, 1.165) is 16.0 Å². The molecule has 25 heavy (non-hydrogen) atoms. The van der Waals surface area contributed by atoms with Crippen LogP contribution >= 0.6 is 11.3 Å². The normalized spacial score (nSPS) is 14.5. The van der Waals surface area contributed by atoms with Crippen LogP contribution in [-0.2, 0) is 9.59 Å². The van der Waals surface area contributed by atoms with E-state index in [1.165, 1.54) is 21.1 Å². The highest BCUT2D eigenvalue weighted by atomic mass is 32.1. The number of rotatable bonds is 6. The molecule has 2 aromatic rings. The van der Waals surface area contributed by atoms with E-state index >= 15 is 0 Å². The molecule has 1 aromatic heterocycles. The Labute approximate surface area is 148 Å². The lowest BCUT2D eigenvalue weighted by molar-refractivity contribution is -0.125. The summed E-state index contributed by atoms with van der Waals surface area (Å²) in [6.07, 6.45) is 0.621. The molecule has 1 N–H and O–H groups in total. The van der Waals surface area contributed by atoms with Crippen molar-refractivity contribution in [2.24, 2.45) is 0 Å². The highest BCUT2D eigenvalue weighted by Gasteiger charge is 2.32. The first-order valence-corrected chi connectivity index (χ1v) is 8.59. The van der Waals surface area contributed by atoms with E-state index in [1.54, 1.807) is 14.2 Å². The van der Waals surface area contributed by atoms with Gasteiger partial charge in [-0.3, -0.25) is 14.5 Å². The number of hydrogen-bond donors (Lipinski definition) is 1. The molecule has 1 fully saturated rings. The van der Waals surface area contributed by atoms with Gasteiger partial charge in [0.1, 0.15) is 12.3 Å². The zero-order valence-electron chi connectivity index (χ0n) is 13.9.